The van der Waals surface area contributed by atoms with Crippen molar-refractivity contribution in [2.24, 2.45) is 5.73 Å². The van der Waals surface area contributed by atoms with Crippen molar-refractivity contribution >= 4 is 17.7 Å². The van der Waals surface area contributed by atoms with Crippen molar-refractivity contribution in [2.75, 3.05) is 0 Å². The number of hydrogen-bond donors (Lipinski definition) is 2. The van der Waals surface area contributed by atoms with Crippen molar-refractivity contribution in [2.45, 2.75) is 30.4 Å². The van der Waals surface area contributed by atoms with Crippen molar-refractivity contribution in [3.05, 3.63) is 12.2 Å². The highest BCUT2D eigenvalue weighted by atomic mass is 32.2. The lowest BCUT2D eigenvalue weighted by atomic mass is 10.1. The standard InChI is InChI=1S/C8H13N3O3S/c1-8(2,6(9)7(12)13)15-3-5-10-4-11-14-5/h4,6H,3,9H2,1-2H3,(H,12,13)/t6-/m0/s1. The van der Waals surface area contributed by atoms with E-state index in [1.165, 1.54) is 18.1 Å². The molecule has 0 unspecified atom stereocenters. The van der Waals surface area contributed by atoms with Gasteiger partial charge in [0.1, 0.15) is 6.04 Å². The number of aliphatic carboxylic acids is 1. The van der Waals surface area contributed by atoms with Crippen LogP contribution in [-0.2, 0) is 10.5 Å². The van der Waals surface area contributed by atoms with Crippen LogP contribution < -0.4 is 5.73 Å². The summed E-state index contributed by atoms with van der Waals surface area (Å²) >= 11 is 1.37. The predicted molar refractivity (Wildman–Crippen MR) is 55.3 cm³/mol. The number of rotatable bonds is 5. The molecule has 6 nitrogen and oxygen atoms in total. The summed E-state index contributed by atoms with van der Waals surface area (Å²) in [6, 6.07) is -0.926. The molecule has 0 saturated heterocycles. The van der Waals surface area contributed by atoms with Crippen LogP contribution in [0.25, 0.3) is 0 Å². The molecule has 84 valence electrons. The molecule has 1 atom stereocenters. The molecule has 0 bridgehead atoms. The fraction of sp³-hybridized carbons (Fsp3) is 0.625. The Labute approximate surface area is 91.2 Å². The third-order valence-corrected chi connectivity index (χ3v) is 3.38. The van der Waals surface area contributed by atoms with E-state index in [2.05, 4.69) is 10.1 Å². The zero-order chi connectivity index (χ0) is 11.5. The molecule has 1 aromatic rings. The summed E-state index contributed by atoms with van der Waals surface area (Å²) in [7, 11) is 0. The van der Waals surface area contributed by atoms with E-state index in [0.717, 1.165) is 0 Å². The molecule has 1 heterocycles. The van der Waals surface area contributed by atoms with E-state index >= 15 is 0 Å². The summed E-state index contributed by atoms with van der Waals surface area (Å²) in [5, 5.41) is 12.2. The highest BCUT2D eigenvalue weighted by molar-refractivity contribution is 7.99. The Morgan fingerprint density at radius 3 is 2.93 bits per heavy atom. The van der Waals surface area contributed by atoms with Crippen LogP contribution in [0.4, 0.5) is 0 Å². The van der Waals surface area contributed by atoms with Crippen molar-refractivity contribution in [3.8, 4) is 0 Å². The first-order valence-electron chi connectivity index (χ1n) is 4.31. The van der Waals surface area contributed by atoms with E-state index in [0.29, 0.717) is 11.6 Å². The van der Waals surface area contributed by atoms with Gasteiger partial charge >= 0.3 is 5.97 Å². The molecule has 0 aliphatic carbocycles. The normalized spacial score (nSPS) is 13.8. The fourth-order valence-electron chi connectivity index (χ4n) is 0.894. The number of nitrogens with zero attached hydrogens (tertiary/aromatic N) is 2. The van der Waals surface area contributed by atoms with Gasteiger partial charge in [-0.05, 0) is 13.8 Å². The van der Waals surface area contributed by atoms with Gasteiger partial charge in [0.2, 0.25) is 5.89 Å². The zero-order valence-electron chi connectivity index (χ0n) is 8.51. The van der Waals surface area contributed by atoms with Gasteiger partial charge in [0.05, 0.1) is 5.75 Å². The van der Waals surface area contributed by atoms with Gasteiger partial charge in [0, 0.05) is 4.75 Å². The van der Waals surface area contributed by atoms with Crippen molar-refractivity contribution in [1.29, 1.82) is 0 Å². The average Bonchev–Trinajstić information content (AvgIpc) is 2.66. The third-order valence-electron chi connectivity index (χ3n) is 1.99. The summed E-state index contributed by atoms with van der Waals surface area (Å²) in [6.07, 6.45) is 1.31. The molecule has 7 heteroatoms. The molecule has 0 aliphatic heterocycles. The number of hydrogen-bond acceptors (Lipinski definition) is 6. The maximum atomic E-state index is 10.7. The molecule has 0 spiro atoms. The molecule has 0 aliphatic rings. The minimum atomic E-state index is -1.02. The van der Waals surface area contributed by atoms with E-state index in [4.69, 9.17) is 15.4 Å². The number of thioether (sulfide) groups is 1. The number of nitrogens with two attached hydrogens (primary N) is 1. The van der Waals surface area contributed by atoms with Gasteiger partial charge in [0.25, 0.3) is 0 Å². The maximum Gasteiger partial charge on any atom is 0.321 e. The second kappa shape index (κ2) is 4.63. The molecule has 1 aromatic heterocycles. The second-order valence-electron chi connectivity index (χ2n) is 3.54. The summed E-state index contributed by atoms with van der Waals surface area (Å²) in [5.74, 6) is -0.0998. The summed E-state index contributed by atoms with van der Waals surface area (Å²) in [4.78, 5) is 14.6. The lowest BCUT2D eigenvalue weighted by Gasteiger charge is -2.27. The average molecular weight is 231 g/mol. The topological polar surface area (TPSA) is 102 Å². The zero-order valence-corrected chi connectivity index (χ0v) is 9.32. The minimum absolute atomic E-state index is 0.452. The van der Waals surface area contributed by atoms with Gasteiger partial charge in [-0.15, -0.1) is 11.8 Å². The summed E-state index contributed by atoms with van der Waals surface area (Å²) in [6.45, 7) is 3.54. The predicted octanol–water partition coefficient (Wildman–Crippen LogP) is 0.493. The quantitative estimate of drug-likeness (QED) is 0.760. The molecule has 1 rings (SSSR count). The van der Waals surface area contributed by atoms with Crippen LogP contribution in [0.1, 0.15) is 19.7 Å². The number of carboxylic acids is 1. The Kier molecular flexibility index (Phi) is 3.70. The van der Waals surface area contributed by atoms with Gasteiger partial charge < -0.3 is 15.4 Å². The smallest absolute Gasteiger partial charge is 0.321 e. The van der Waals surface area contributed by atoms with Crippen LogP contribution in [0, 0.1) is 0 Å². The first-order chi connectivity index (χ1) is 6.93. The van der Waals surface area contributed by atoms with Gasteiger partial charge in [-0.2, -0.15) is 4.98 Å². The fourth-order valence-corrected chi connectivity index (χ4v) is 1.80. The summed E-state index contributed by atoms with van der Waals surface area (Å²) in [5.41, 5.74) is 5.55. The van der Waals surface area contributed by atoms with Crippen LogP contribution in [0.15, 0.2) is 10.9 Å². The lowest BCUT2D eigenvalue weighted by molar-refractivity contribution is -0.139. The van der Waals surface area contributed by atoms with Crippen molar-refractivity contribution in [1.82, 2.24) is 10.1 Å². The van der Waals surface area contributed by atoms with Crippen LogP contribution in [0.5, 0.6) is 0 Å². The maximum absolute atomic E-state index is 10.7. The Balaban J connectivity index is 2.53. The van der Waals surface area contributed by atoms with Crippen molar-refractivity contribution in [3.63, 3.8) is 0 Å². The number of aromatic nitrogens is 2. The third kappa shape index (κ3) is 3.21. The molecule has 0 aromatic carbocycles. The van der Waals surface area contributed by atoms with Gasteiger partial charge in [-0.1, -0.05) is 5.16 Å². The van der Waals surface area contributed by atoms with E-state index < -0.39 is 16.8 Å². The van der Waals surface area contributed by atoms with Crippen LogP contribution >= 0.6 is 11.8 Å². The van der Waals surface area contributed by atoms with E-state index in [1.807, 2.05) is 0 Å². The van der Waals surface area contributed by atoms with Crippen LogP contribution in [-0.4, -0.2) is 32.0 Å². The number of carbonyl (C=O) groups is 1. The monoisotopic (exact) mass is 231 g/mol. The van der Waals surface area contributed by atoms with Gasteiger partial charge in [0.15, 0.2) is 6.33 Å². The van der Waals surface area contributed by atoms with Gasteiger partial charge in [-0.3, -0.25) is 4.79 Å². The first kappa shape index (κ1) is 12.0. The molecular weight excluding hydrogens is 218 g/mol. The van der Waals surface area contributed by atoms with E-state index in [-0.39, 0.29) is 0 Å². The van der Waals surface area contributed by atoms with E-state index in [1.54, 1.807) is 13.8 Å². The highest BCUT2D eigenvalue weighted by Gasteiger charge is 2.32. The van der Waals surface area contributed by atoms with Crippen LogP contribution in [0.3, 0.4) is 0 Å². The molecule has 15 heavy (non-hydrogen) atoms. The van der Waals surface area contributed by atoms with Crippen molar-refractivity contribution < 1.29 is 14.4 Å². The minimum Gasteiger partial charge on any atom is -0.480 e. The van der Waals surface area contributed by atoms with E-state index in [9.17, 15) is 4.79 Å². The summed E-state index contributed by atoms with van der Waals surface area (Å²) < 4.78 is 4.22. The first-order valence-corrected chi connectivity index (χ1v) is 5.30. The second-order valence-corrected chi connectivity index (χ2v) is 5.17. The highest BCUT2D eigenvalue weighted by Crippen LogP contribution is 2.29. The lowest BCUT2D eigenvalue weighted by Crippen LogP contribution is -2.46. The van der Waals surface area contributed by atoms with Gasteiger partial charge in [-0.25, -0.2) is 0 Å². The molecule has 0 amide bonds. The Morgan fingerprint density at radius 1 is 1.80 bits per heavy atom. The molecule has 3 N–H and O–H groups in total. The Bertz CT molecular complexity index is 326. The largest absolute Gasteiger partial charge is 0.480 e. The molecular formula is C8H13N3O3S. The number of carboxylic acid groups (broad SMARTS) is 1. The SMILES string of the molecule is CC(C)(SCc1ncno1)[C@@H](N)C(=O)O. The molecule has 0 radical (unpaired) electrons. The van der Waals surface area contributed by atoms with Crippen LogP contribution in [0.2, 0.25) is 0 Å². The molecule has 0 saturated carbocycles. The molecule has 0 fully saturated rings. The Hall–Kier alpha value is -1.08. The Morgan fingerprint density at radius 2 is 2.47 bits per heavy atom.